The molecule has 4 atom stereocenters. The Bertz CT molecular complexity index is 811. The Morgan fingerprint density at radius 1 is 1.26 bits per heavy atom. The van der Waals surface area contributed by atoms with Crippen molar-refractivity contribution < 1.29 is 14.2 Å². The number of hydrogen-bond donors (Lipinski definition) is 2. The number of likely N-dealkylation sites (N-methyl/N-ethyl adjacent to an activating group) is 2. The van der Waals surface area contributed by atoms with Crippen molar-refractivity contribution in [1.29, 1.82) is 0 Å². The van der Waals surface area contributed by atoms with Crippen molar-refractivity contribution in [3.8, 4) is 0 Å². The molecule has 0 radical (unpaired) electrons. The number of anilines is 1. The third-order valence-corrected chi connectivity index (χ3v) is 5.02. The quantitative estimate of drug-likeness (QED) is 0.717. The molecule has 3 N–H and O–H groups in total. The molecule has 2 aliphatic heterocycles. The molecule has 4 heterocycles. The van der Waals surface area contributed by atoms with Gasteiger partial charge in [0.2, 0.25) is 0 Å². The van der Waals surface area contributed by atoms with E-state index in [0.717, 1.165) is 19.6 Å². The number of nitrogens with two attached hydrogens (primary N) is 1. The third kappa shape index (κ3) is 3.39. The number of nitrogens with one attached hydrogen (secondary N) is 1. The van der Waals surface area contributed by atoms with Gasteiger partial charge in [-0.2, -0.15) is 0 Å². The lowest BCUT2D eigenvalue weighted by Crippen LogP contribution is -2.40. The molecule has 0 spiro atoms. The van der Waals surface area contributed by atoms with E-state index in [4.69, 9.17) is 19.9 Å². The van der Waals surface area contributed by atoms with E-state index >= 15 is 0 Å². The van der Waals surface area contributed by atoms with Crippen molar-refractivity contribution in [1.82, 2.24) is 29.7 Å². The lowest BCUT2D eigenvalue weighted by atomic mass is 10.1. The Kier molecular flexibility index (Phi) is 4.77. The van der Waals surface area contributed by atoms with Crippen molar-refractivity contribution in [2.45, 2.75) is 44.2 Å². The van der Waals surface area contributed by atoms with E-state index in [9.17, 15) is 0 Å². The lowest BCUT2D eigenvalue weighted by molar-refractivity contribution is -0.197. The van der Waals surface area contributed by atoms with Crippen LogP contribution in [0, 0.1) is 0 Å². The second kappa shape index (κ2) is 6.95. The van der Waals surface area contributed by atoms with Crippen LogP contribution in [0.15, 0.2) is 12.7 Å². The van der Waals surface area contributed by atoms with E-state index in [1.807, 2.05) is 25.5 Å². The fourth-order valence-electron chi connectivity index (χ4n) is 3.79. The molecule has 148 valence electrons. The summed E-state index contributed by atoms with van der Waals surface area (Å²) in [5.41, 5.74) is 7.11. The van der Waals surface area contributed by atoms with Crippen LogP contribution in [0.3, 0.4) is 0 Å². The summed E-state index contributed by atoms with van der Waals surface area (Å²) in [7, 11) is 4.02. The van der Waals surface area contributed by atoms with Gasteiger partial charge in [0.1, 0.15) is 30.2 Å². The van der Waals surface area contributed by atoms with Gasteiger partial charge in [-0.25, -0.2) is 15.0 Å². The Morgan fingerprint density at radius 2 is 2.04 bits per heavy atom. The number of imidazole rings is 1. The van der Waals surface area contributed by atoms with Crippen LogP contribution in [-0.4, -0.2) is 82.2 Å². The molecule has 10 heteroatoms. The van der Waals surface area contributed by atoms with Crippen molar-refractivity contribution in [3.63, 3.8) is 0 Å². The van der Waals surface area contributed by atoms with Crippen molar-refractivity contribution >= 4 is 17.0 Å². The molecule has 4 rings (SSSR count). The van der Waals surface area contributed by atoms with Crippen molar-refractivity contribution in [3.05, 3.63) is 12.7 Å². The van der Waals surface area contributed by atoms with E-state index in [1.54, 1.807) is 6.33 Å². The minimum atomic E-state index is -0.663. The minimum Gasteiger partial charge on any atom is -0.382 e. The highest BCUT2D eigenvalue weighted by Gasteiger charge is 2.56. The molecule has 0 saturated carbocycles. The third-order valence-electron chi connectivity index (χ3n) is 5.02. The van der Waals surface area contributed by atoms with Gasteiger partial charge >= 0.3 is 0 Å². The van der Waals surface area contributed by atoms with E-state index < -0.39 is 12.0 Å². The average Bonchev–Trinajstić information content (AvgIpc) is 3.26. The van der Waals surface area contributed by atoms with Gasteiger partial charge in [-0.1, -0.05) is 0 Å². The van der Waals surface area contributed by atoms with Crippen LogP contribution >= 0.6 is 0 Å². The predicted molar refractivity (Wildman–Crippen MR) is 98.9 cm³/mol. The fourth-order valence-corrected chi connectivity index (χ4v) is 3.79. The molecule has 0 aromatic carbocycles. The molecule has 2 aromatic heterocycles. The second-order valence-corrected chi connectivity index (χ2v) is 7.58. The Labute approximate surface area is 158 Å². The Balaban J connectivity index is 1.62. The second-order valence-electron chi connectivity index (χ2n) is 7.58. The van der Waals surface area contributed by atoms with Gasteiger partial charge in [-0.05, 0) is 27.9 Å². The summed E-state index contributed by atoms with van der Waals surface area (Å²) >= 11 is 0. The maximum atomic E-state index is 6.37. The number of hydrogen-bond acceptors (Lipinski definition) is 9. The summed E-state index contributed by atoms with van der Waals surface area (Å²) < 4.78 is 20.6. The minimum absolute atomic E-state index is 0.125. The molecule has 2 aliphatic rings. The molecular weight excluding hydrogens is 350 g/mol. The van der Waals surface area contributed by atoms with E-state index in [0.29, 0.717) is 17.0 Å². The molecule has 2 aromatic rings. The smallest absolute Gasteiger partial charge is 0.167 e. The Hall–Kier alpha value is -1.85. The number of nitrogens with zero attached hydrogens (tertiary/aromatic N) is 5. The van der Waals surface area contributed by atoms with E-state index in [-0.39, 0.29) is 18.3 Å². The van der Waals surface area contributed by atoms with Crippen LogP contribution in [0.2, 0.25) is 0 Å². The highest BCUT2D eigenvalue weighted by molar-refractivity contribution is 5.81. The van der Waals surface area contributed by atoms with Crippen LogP contribution in [-0.2, 0) is 14.2 Å². The molecular formula is C17H27N7O3. The van der Waals surface area contributed by atoms with E-state index in [2.05, 4.69) is 32.2 Å². The predicted octanol–water partition coefficient (Wildman–Crippen LogP) is -0.0228. The number of ether oxygens (including phenoxy) is 3. The highest BCUT2D eigenvalue weighted by Crippen LogP contribution is 2.43. The number of nitrogen functional groups attached to an aromatic ring is 1. The van der Waals surface area contributed by atoms with Crippen LogP contribution in [0.25, 0.3) is 11.2 Å². The van der Waals surface area contributed by atoms with Gasteiger partial charge in [0.15, 0.2) is 23.5 Å². The van der Waals surface area contributed by atoms with Gasteiger partial charge in [-0.3, -0.25) is 4.57 Å². The van der Waals surface area contributed by atoms with Gasteiger partial charge in [-0.15, -0.1) is 0 Å². The molecule has 0 unspecified atom stereocenters. The lowest BCUT2D eigenvalue weighted by Gasteiger charge is -2.27. The molecule has 27 heavy (non-hydrogen) atoms. The van der Waals surface area contributed by atoms with Crippen LogP contribution in [0.5, 0.6) is 0 Å². The summed E-state index contributed by atoms with van der Waals surface area (Å²) in [5.74, 6) is -0.315. The largest absolute Gasteiger partial charge is 0.382 e. The highest BCUT2D eigenvalue weighted by atomic mass is 16.8. The summed E-state index contributed by atoms with van der Waals surface area (Å²) in [6.07, 6.45) is 2.18. The maximum absolute atomic E-state index is 6.37. The number of rotatable bonds is 6. The van der Waals surface area contributed by atoms with E-state index in [1.165, 1.54) is 6.33 Å². The van der Waals surface area contributed by atoms with Crippen LogP contribution in [0.1, 0.15) is 20.1 Å². The first-order valence-corrected chi connectivity index (χ1v) is 9.17. The monoisotopic (exact) mass is 377 g/mol. The Morgan fingerprint density at radius 3 is 2.81 bits per heavy atom. The normalized spacial score (nSPS) is 29.7. The average molecular weight is 377 g/mol. The molecule has 0 bridgehead atoms. The van der Waals surface area contributed by atoms with Crippen molar-refractivity contribution in [2.24, 2.45) is 0 Å². The first kappa shape index (κ1) is 18.5. The summed E-state index contributed by atoms with van der Waals surface area (Å²) in [6, 6.07) is 0. The van der Waals surface area contributed by atoms with Gasteiger partial charge < -0.3 is 30.2 Å². The fraction of sp³-hybridized carbons (Fsp3) is 0.706. The van der Waals surface area contributed by atoms with Gasteiger partial charge in [0.05, 0.1) is 6.33 Å². The summed E-state index contributed by atoms with van der Waals surface area (Å²) in [5, 5.41) is 3.16. The van der Waals surface area contributed by atoms with Crippen LogP contribution in [0.4, 0.5) is 5.82 Å². The van der Waals surface area contributed by atoms with Crippen molar-refractivity contribution in [2.75, 3.05) is 39.5 Å². The zero-order chi connectivity index (χ0) is 19.2. The topological polar surface area (TPSA) is 113 Å². The molecule has 10 nitrogen and oxygen atoms in total. The van der Waals surface area contributed by atoms with Gasteiger partial charge in [0.25, 0.3) is 0 Å². The molecule has 0 aliphatic carbocycles. The van der Waals surface area contributed by atoms with Crippen LogP contribution < -0.4 is 11.1 Å². The number of aromatic nitrogens is 4. The first-order chi connectivity index (χ1) is 12.9. The SMILES string of the molecule is CNCCN(C)C[C@H]1O[C@@H](n2cnc3c(N)ncnc32)[C@@H]2OC(C)(C)O[C@@H]21. The first-order valence-electron chi connectivity index (χ1n) is 9.17. The standard InChI is InChI=1S/C17H27N7O3/c1-17(2)26-12-10(7-23(4)6-5-19-3)25-16(13(12)27-17)24-9-22-11-14(18)20-8-21-15(11)24/h8-10,12-13,16,19H,5-7H2,1-4H3,(H2,18,20,21)/t10-,12-,13-,16-/m1/s1. The zero-order valence-corrected chi connectivity index (χ0v) is 16.1. The summed E-state index contributed by atoms with van der Waals surface area (Å²) in [6.45, 7) is 6.42. The molecule has 2 fully saturated rings. The molecule has 2 saturated heterocycles. The van der Waals surface area contributed by atoms with Gasteiger partial charge in [0, 0.05) is 19.6 Å². The molecule has 0 amide bonds. The maximum Gasteiger partial charge on any atom is 0.167 e. The zero-order valence-electron chi connectivity index (χ0n) is 16.1. The summed E-state index contributed by atoms with van der Waals surface area (Å²) in [4.78, 5) is 14.9. The number of fused-ring (bicyclic) bond motifs is 2.